The number of fused-ring (bicyclic) bond motifs is 1. The van der Waals surface area contributed by atoms with Gasteiger partial charge in [-0.3, -0.25) is 14.5 Å². The number of Topliss-reactive ketones (excluding diaryl/α,β-unsaturated/α-hetero) is 1. The van der Waals surface area contributed by atoms with Gasteiger partial charge >= 0.3 is 6.18 Å². The number of ketones is 1. The zero-order valence-corrected chi connectivity index (χ0v) is 23.6. The standard InChI is InChI=1S/C33H32F5N3O/c1-3-21-10-11-27(20(2)13-21)28-8-6-12-39-31(28)23(14-22-15-24(34)18-25(35)16-22)17-26(42)19-41-30-9-5-4-7-29(30)32(40-41)33(36,37)38/h6,8,10-13,15-16,18,23H,3-5,7,9,14,17,19H2,1-2H3. The monoisotopic (exact) mass is 581 g/mol. The highest BCUT2D eigenvalue weighted by atomic mass is 19.4. The fourth-order valence-corrected chi connectivity index (χ4v) is 6.03. The lowest BCUT2D eigenvalue weighted by Gasteiger charge is -2.21. The number of rotatable bonds is 9. The minimum Gasteiger partial charge on any atom is -0.298 e. The molecule has 1 aliphatic rings. The van der Waals surface area contributed by atoms with Crippen LogP contribution in [-0.2, 0) is 43.2 Å². The summed E-state index contributed by atoms with van der Waals surface area (Å²) in [5.74, 6) is -2.39. The fourth-order valence-electron chi connectivity index (χ4n) is 6.03. The van der Waals surface area contributed by atoms with Gasteiger partial charge < -0.3 is 0 Å². The van der Waals surface area contributed by atoms with E-state index in [9.17, 15) is 26.7 Å². The van der Waals surface area contributed by atoms with Crippen molar-refractivity contribution in [2.75, 3.05) is 0 Å². The summed E-state index contributed by atoms with van der Waals surface area (Å²) in [6.07, 6.45) is -0.0309. The third-order valence-corrected chi connectivity index (χ3v) is 7.94. The Hall–Kier alpha value is -3.88. The quantitative estimate of drug-likeness (QED) is 0.188. The van der Waals surface area contributed by atoms with E-state index >= 15 is 0 Å². The molecule has 0 N–H and O–H groups in total. The molecule has 2 aromatic heterocycles. The molecule has 4 nitrogen and oxygen atoms in total. The van der Waals surface area contributed by atoms with Crippen LogP contribution in [0.1, 0.15) is 71.4 Å². The van der Waals surface area contributed by atoms with Crippen molar-refractivity contribution in [1.82, 2.24) is 14.8 Å². The molecule has 0 aliphatic heterocycles. The molecular weight excluding hydrogens is 549 g/mol. The number of hydrogen-bond donors (Lipinski definition) is 0. The molecule has 0 saturated heterocycles. The van der Waals surface area contributed by atoms with Crippen molar-refractivity contribution in [3.63, 3.8) is 0 Å². The maximum absolute atomic E-state index is 14.1. The third-order valence-electron chi connectivity index (χ3n) is 7.94. The molecule has 2 heterocycles. The van der Waals surface area contributed by atoms with Crippen LogP contribution in [0.15, 0.2) is 54.7 Å². The van der Waals surface area contributed by atoms with Crippen LogP contribution in [0.4, 0.5) is 22.0 Å². The number of hydrogen-bond acceptors (Lipinski definition) is 3. The largest absolute Gasteiger partial charge is 0.435 e. The molecule has 1 aliphatic carbocycles. The predicted molar refractivity (Wildman–Crippen MR) is 150 cm³/mol. The summed E-state index contributed by atoms with van der Waals surface area (Å²) >= 11 is 0. The van der Waals surface area contributed by atoms with Gasteiger partial charge in [-0.2, -0.15) is 18.3 Å². The summed E-state index contributed by atoms with van der Waals surface area (Å²) < 4.78 is 70.6. The lowest BCUT2D eigenvalue weighted by molar-refractivity contribution is -0.142. The number of pyridine rings is 1. The number of carbonyl (C=O) groups is 1. The Bertz CT molecular complexity index is 1590. The maximum atomic E-state index is 14.1. The molecule has 1 unspecified atom stereocenters. The molecule has 42 heavy (non-hydrogen) atoms. The first-order chi connectivity index (χ1) is 20.0. The second-order valence-corrected chi connectivity index (χ2v) is 11.0. The number of nitrogens with zero attached hydrogens (tertiary/aromatic N) is 3. The van der Waals surface area contributed by atoms with E-state index in [4.69, 9.17) is 0 Å². The third kappa shape index (κ3) is 6.45. The first kappa shape index (κ1) is 29.6. The van der Waals surface area contributed by atoms with Crippen LogP contribution in [0.3, 0.4) is 0 Å². The average molecular weight is 582 g/mol. The van der Waals surface area contributed by atoms with Crippen LogP contribution in [-0.4, -0.2) is 20.5 Å². The van der Waals surface area contributed by atoms with Crippen molar-refractivity contribution in [3.05, 3.63) is 106 Å². The summed E-state index contributed by atoms with van der Waals surface area (Å²) in [6, 6.07) is 13.1. The van der Waals surface area contributed by atoms with Gasteiger partial charge in [0.05, 0.1) is 12.2 Å². The number of alkyl halides is 3. The molecular formula is C33H32F5N3O. The molecule has 9 heteroatoms. The molecule has 0 saturated carbocycles. The summed E-state index contributed by atoms with van der Waals surface area (Å²) in [6.45, 7) is 3.74. The van der Waals surface area contributed by atoms with Crippen molar-refractivity contribution < 1.29 is 26.7 Å². The Morgan fingerprint density at radius 1 is 0.976 bits per heavy atom. The number of benzene rings is 2. The van der Waals surface area contributed by atoms with Crippen LogP contribution >= 0.6 is 0 Å². The number of carbonyl (C=O) groups excluding carboxylic acids is 1. The molecule has 0 amide bonds. The van der Waals surface area contributed by atoms with Gasteiger partial charge in [-0.05, 0) is 85.9 Å². The number of halogens is 5. The SMILES string of the molecule is CCc1ccc(-c2cccnc2C(CC(=O)Cn2nc(C(F)(F)F)c3c2CCCC3)Cc2cc(F)cc(F)c2)c(C)c1. The van der Waals surface area contributed by atoms with Gasteiger partial charge in [-0.1, -0.05) is 31.2 Å². The summed E-state index contributed by atoms with van der Waals surface area (Å²) in [4.78, 5) is 18.2. The van der Waals surface area contributed by atoms with E-state index in [1.807, 2.05) is 25.1 Å². The topological polar surface area (TPSA) is 47.8 Å². The number of aromatic nitrogens is 3. The normalized spacial score (nSPS) is 14.1. The van der Waals surface area contributed by atoms with Crippen molar-refractivity contribution in [2.45, 2.75) is 77.4 Å². The van der Waals surface area contributed by atoms with Crippen molar-refractivity contribution in [3.8, 4) is 11.1 Å². The van der Waals surface area contributed by atoms with Crippen molar-refractivity contribution in [1.29, 1.82) is 0 Å². The van der Waals surface area contributed by atoms with E-state index in [0.29, 0.717) is 29.8 Å². The van der Waals surface area contributed by atoms with Crippen LogP contribution < -0.4 is 0 Å². The lowest BCUT2D eigenvalue weighted by Crippen LogP contribution is -2.20. The lowest BCUT2D eigenvalue weighted by atomic mass is 9.85. The molecule has 0 spiro atoms. The smallest absolute Gasteiger partial charge is 0.298 e. The van der Waals surface area contributed by atoms with Crippen molar-refractivity contribution >= 4 is 5.78 Å². The van der Waals surface area contributed by atoms with E-state index < -0.39 is 29.4 Å². The summed E-state index contributed by atoms with van der Waals surface area (Å²) in [5.41, 5.74) is 4.56. The molecule has 220 valence electrons. The van der Waals surface area contributed by atoms with Crippen LogP contribution in [0.2, 0.25) is 0 Å². The highest BCUT2D eigenvalue weighted by molar-refractivity contribution is 5.80. The summed E-state index contributed by atoms with van der Waals surface area (Å²) in [5, 5.41) is 3.84. The summed E-state index contributed by atoms with van der Waals surface area (Å²) in [7, 11) is 0. The fraction of sp³-hybridized carbons (Fsp3) is 0.364. The second-order valence-electron chi connectivity index (χ2n) is 11.0. The molecule has 0 fully saturated rings. The average Bonchev–Trinajstić information content (AvgIpc) is 3.31. The Morgan fingerprint density at radius 2 is 1.71 bits per heavy atom. The van der Waals surface area contributed by atoms with E-state index in [1.54, 1.807) is 12.3 Å². The predicted octanol–water partition coefficient (Wildman–Crippen LogP) is 7.98. The van der Waals surface area contributed by atoms with Gasteiger partial charge in [0.1, 0.15) is 11.6 Å². The molecule has 1 atom stereocenters. The van der Waals surface area contributed by atoms with Gasteiger partial charge in [0, 0.05) is 41.4 Å². The molecule has 5 rings (SSSR count). The Morgan fingerprint density at radius 3 is 2.40 bits per heavy atom. The highest BCUT2D eigenvalue weighted by Gasteiger charge is 2.39. The maximum Gasteiger partial charge on any atom is 0.435 e. The zero-order valence-electron chi connectivity index (χ0n) is 23.6. The first-order valence-corrected chi connectivity index (χ1v) is 14.2. The Balaban J connectivity index is 1.51. The van der Waals surface area contributed by atoms with Gasteiger partial charge in [0.15, 0.2) is 11.5 Å². The van der Waals surface area contributed by atoms with Gasteiger partial charge in [-0.15, -0.1) is 0 Å². The van der Waals surface area contributed by atoms with Crippen LogP contribution in [0, 0.1) is 18.6 Å². The van der Waals surface area contributed by atoms with Crippen LogP contribution in [0.25, 0.3) is 11.1 Å². The molecule has 0 bridgehead atoms. The zero-order chi connectivity index (χ0) is 30.0. The highest BCUT2D eigenvalue weighted by Crippen LogP contribution is 2.37. The Kier molecular flexibility index (Phi) is 8.57. The van der Waals surface area contributed by atoms with E-state index in [-0.39, 0.29) is 37.2 Å². The molecule has 2 aromatic carbocycles. The molecule has 0 radical (unpaired) electrons. The van der Waals surface area contributed by atoms with Gasteiger partial charge in [0.2, 0.25) is 0 Å². The number of aryl methyl sites for hydroxylation is 2. The van der Waals surface area contributed by atoms with Crippen LogP contribution in [0.5, 0.6) is 0 Å². The Labute approximate surface area is 241 Å². The minimum atomic E-state index is -4.60. The van der Waals surface area contributed by atoms with E-state index in [0.717, 1.165) is 35.6 Å². The van der Waals surface area contributed by atoms with E-state index in [1.165, 1.54) is 22.4 Å². The second kappa shape index (κ2) is 12.2. The van der Waals surface area contributed by atoms with E-state index in [2.05, 4.69) is 23.1 Å². The van der Waals surface area contributed by atoms with Gasteiger partial charge in [-0.25, -0.2) is 8.78 Å². The molecule has 4 aromatic rings. The van der Waals surface area contributed by atoms with Gasteiger partial charge in [0.25, 0.3) is 0 Å². The minimum absolute atomic E-state index is 0.0930. The first-order valence-electron chi connectivity index (χ1n) is 14.2. The van der Waals surface area contributed by atoms with Crippen molar-refractivity contribution in [2.24, 2.45) is 0 Å².